The van der Waals surface area contributed by atoms with E-state index in [2.05, 4.69) is 112 Å². The summed E-state index contributed by atoms with van der Waals surface area (Å²) in [7, 11) is 0. The van der Waals surface area contributed by atoms with Crippen LogP contribution in [0.3, 0.4) is 0 Å². The molecule has 0 bridgehead atoms. The maximum atomic E-state index is 6.44. The zero-order valence-electron chi connectivity index (χ0n) is 34.7. The average molecular weight is 835 g/mol. The fourth-order valence-corrected chi connectivity index (χ4v) is 10.1. The molecule has 0 saturated heterocycles. The van der Waals surface area contributed by atoms with Gasteiger partial charge in [-0.25, -0.2) is 19.9 Å². The molecule has 0 N–H and O–H groups in total. The molecule has 0 aliphatic carbocycles. The van der Waals surface area contributed by atoms with Crippen LogP contribution < -0.4 is 0 Å². The largest absolute Gasteiger partial charge is 0.456 e. The summed E-state index contributed by atoms with van der Waals surface area (Å²) in [4.78, 5) is 20.9. The van der Waals surface area contributed by atoms with Gasteiger partial charge in [0.05, 0.1) is 34.0 Å². The van der Waals surface area contributed by atoms with E-state index in [9.17, 15) is 0 Å². The van der Waals surface area contributed by atoms with Gasteiger partial charge in [-0.05, 0) is 54.6 Å². The Bertz CT molecular complexity index is 4160. The number of hydrogen-bond donors (Lipinski definition) is 0. The molecule has 0 amide bonds. The first-order chi connectivity index (χ1) is 32.2. The molecule has 304 valence electrons. The van der Waals surface area contributed by atoms with E-state index in [0.29, 0.717) is 23.9 Å². The maximum absolute atomic E-state index is 6.44. The third-order valence-corrected chi connectivity index (χ3v) is 12.8. The van der Waals surface area contributed by atoms with Crippen LogP contribution in [-0.2, 0) is 6.42 Å². The fraction of sp³-hybridized carbons (Fsp3) is 0.0175. The van der Waals surface area contributed by atoms with Crippen LogP contribution in [0.1, 0.15) is 11.4 Å². The Labute approximate surface area is 370 Å². The van der Waals surface area contributed by atoms with E-state index in [0.717, 1.165) is 116 Å². The van der Waals surface area contributed by atoms with Gasteiger partial charge in [-0.2, -0.15) is 0 Å². The number of hydrogen-bond acceptors (Lipinski definition) is 6. The van der Waals surface area contributed by atoms with Gasteiger partial charge < -0.3 is 13.4 Å². The molecular formula is C57H34N6O2. The fourth-order valence-electron chi connectivity index (χ4n) is 10.1. The van der Waals surface area contributed by atoms with Gasteiger partial charge in [0.2, 0.25) is 0 Å². The highest BCUT2D eigenvalue weighted by molar-refractivity contribution is 6.28. The van der Waals surface area contributed by atoms with Gasteiger partial charge >= 0.3 is 0 Å². The van der Waals surface area contributed by atoms with E-state index in [1.54, 1.807) is 0 Å². The van der Waals surface area contributed by atoms with E-state index < -0.39 is 0 Å². The van der Waals surface area contributed by atoms with Crippen LogP contribution in [0.25, 0.3) is 122 Å². The Balaban J connectivity index is 1.06. The average Bonchev–Trinajstić information content (AvgIpc) is 4.12. The third-order valence-electron chi connectivity index (χ3n) is 12.8. The summed E-state index contributed by atoms with van der Waals surface area (Å²) in [6, 6.07) is 64.8. The van der Waals surface area contributed by atoms with Gasteiger partial charge in [0.25, 0.3) is 0 Å². The summed E-state index contributed by atoms with van der Waals surface area (Å²) in [5.74, 6) is 2.66. The van der Waals surface area contributed by atoms with Crippen LogP contribution in [0.2, 0.25) is 0 Å². The number of benzene rings is 8. The summed E-state index contributed by atoms with van der Waals surface area (Å²) in [6.45, 7) is 0. The quantitative estimate of drug-likeness (QED) is 0.166. The van der Waals surface area contributed by atoms with E-state index in [1.165, 1.54) is 0 Å². The summed E-state index contributed by atoms with van der Waals surface area (Å²) in [6.07, 6.45) is 2.38. The topological polar surface area (TPSA) is 87.7 Å². The standard InChI is InChI=1S/C57H34N6O2/c1-3-15-34(16-4-1)55-59-50(60-56(61-55)35-17-5-2-6-18-35)32-36-31-37(62-42-23-11-7-19-38(42)51-44(62)27-29-48-53(51)40-21-9-13-25-46(40)64-48)33-58-57(36)63-43-24-12-8-20-39(43)52-45(63)28-30-49-54(52)41-22-10-14-26-47(41)65-49/h1-31,33H,32H2. The van der Waals surface area contributed by atoms with Crippen LogP contribution in [0.5, 0.6) is 0 Å². The summed E-state index contributed by atoms with van der Waals surface area (Å²) < 4.78 is 17.5. The van der Waals surface area contributed by atoms with Crippen molar-refractivity contribution in [2.45, 2.75) is 6.42 Å². The first-order valence-corrected chi connectivity index (χ1v) is 21.8. The number of rotatable bonds is 6. The zero-order valence-corrected chi connectivity index (χ0v) is 34.7. The van der Waals surface area contributed by atoms with Crippen LogP contribution in [0.15, 0.2) is 203 Å². The smallest absolute Gasteiger partial charge is 0.163 e. The second kappa shape index (κ2) is 13.8. The molecule has 14 rings (SSSR count). The molecule has 6 aromatic heterocycles. The minimum Gasteiger partial charge on any atom is -0.456 e. The highest BCUT2D eigenvalue weighted by atomic mass is 16.3. The Hall–Kier alpha value is -8.88. The van der Waals surface area contributed by atoms with Crippen LogP contribution in [0.4, 0.5) is 0 Å². The Morgan fingerprint density at radius 1 is 0.385 bits per heavy atom. The number of aromatic nitrogens is 6. The normalized spacial score (nSPS) is 12.1. The van der Waals surface area contributed by atoms with Gasteiger partial charge in [0.15, 0.2) is 11.6 Å². The number of pyridine rings is 1. The predicted octanol–water partition coefficient (Wildman–Crippen LogP) is 14.2. The van der Waals surface area contributed by atoms with Gasteiger partial charge in [0.1, 0.15) is 34.0 Å². The molecule has 0 spiro atoms. The molecule has 0 saturated carbocycles. The van der Waals surface area contributed by atoms with Gasteiger partial charge in [-0.1, -0.05) is 133 Å². The lowest BCUT2D eigenvalue weighted by Gasteiger charge is -2.16. The highest BCUT2D eigenvalue weighted by Crippen LogP contribution is 2.44. The summed E-state index contributed by atoms with van der Waals surface area (Å²) >= 11 is 0. The molecule has 8 heteroatoms. The second-order valence-corrected chi connectivity index (χ2v) is 16.6. The van der Waals surface area contributed by atoms with E-state index >= 15 is 0 Å². The lowest BCUT2D eigenvalue weighted by Crippen LogP contribution is -2.09. The molecule has 0 aliphatic heterocycles. The summed E-state index contributed by atoms with van der Waals surface area (Å²) in [5, 5.41) is 8.89. The SMILES string of the molecule is c1ccc(-c2nc(Cc3cc(-n4c5ccccc5c5c6c(ccc54)oc4ccccc46)cnc3-n3c4ccccc4c4c5c(ccc43)oc3ccccc35)nc(-c3ccccc3)n2)cc1. The predicted molar refractivity (Wildman–Crippen MR) is 261 cm³/mol. The molecule has 8 aromatic carbocycles. The maximum Gasteiger partial charge on any atom is 0.163 e. The van der Waals surface area contributed by atoms with Crippen molar-refractivity contribution >= 4 is 87.5 Å². The zero-order chi connectivity index (χ0) is 42.6. The molecule has 8 nitrogen and oxygen atoms in total. The first-order valence-electron chi connectivity index (χ1n) is 21.8. The molecule has 14 aromatic rings. The van der Waals surface area contributed by atoms with Gasteiger partial charge in [-0.3, -0.25) is 4.57 Å². The van der Waals surface area contributed by atoms with Gasteiger partial charge in [-0.15, -0.1) is 0 Å². The van der Waals surface area contributed by atoms with E-state index in [4.69, 9.17) is 28.8 Å². The molecular weight excluding hydrogens is 801 g/mol. The Morgan fingerprint density at radius 2 is 0.862 bits per heavy atom. The van der Waals surface area contributed by atoms with E-state index in [-0.39, 0.29) is 0 Å². The minimum absolute atomic E-state index is 0.372. The molecule has 0 unspecified atom stereocenters. The van der Waals surface area contributed by atoms with Crippen molar-refractivity contribution in [2.24, 2.45) is 0 Å². The van der Waals surface area contributed by atoms with Crippen molar-refractivity contribution < 1.29 is 8.83 Å². The third kappa shape index (κ3) is 5.37. The Kier molecular flexibility index (Phi) is 7.58. The van der Waals surface area contributed by atoms with Crippen LogP contribution in [-0.4, -0.2) is 29.1 Å². The number of fused-ring (bicyclic) bond motifs is 14. The van der Waals surface area contributed by atoms with Crippen molar-refractivity contribution in [3.63, 3.8) is 0 Å². The van der Waals surface area contributed by atoms with E-state index in [1.807, 2.05) is 91.1 Å². The number of furan rings is 2. The first kappa shape index (κ1) is 35.7. The van der Waals surface area contributed by atoms with Crippen LogP contribution in [0, 0.1) is 0 Å². The lowest BCUT2D eigenvalue weighted by atomic mass is 10.1. The number of nitrogens with zero attached hydrogens (tertiary/aromatic N) is 6. The molecule has 65 heavy (non-hydrogen) atoms. The van der Waals surface area contributed by atoms with Crippen molar-refractivity contribution in [2.75, 3.05) is 0 Å². The highest BCUT2D eigenvalue weighted by Gasteiger charge is 2.24. The lowest BCUT2D eigenvalue weighted by molar-refractivity contribution is 0.669. The van der Waals surface area contributed by atoms with Crippen molar-refractivity contribution in [1.29, 1.82) is 0 Å². The minimum atomic E-state index is 0.372. The van der Waals surface area contributed by atoms with Gasteiger partial charge in [0, 0.05) is 66.2 Å². The summed E-state index contributed by atoms with van der Waals surface area (Å²) in [5.41, 5.74) is 11.4. The monoisotopic (exact) mass is 834 g/mol. The molecule has 0 atom stereocenters. The van der Waals surface area contributed by atoms with Crippen molar-refractivity contribution in [1.82, 2.24) is 29.1 Å². The number of para-hydroxylation sites is 4. The molecule has 0 aliphatic rings. The van der Waals surface area contributed by atoms with Crippen LogP contribution >= 0.6 is 0 Å². The second-order valence-electron chi connectivity index (χ2n) is 16.6. The van der Waals surface area contributed by atoms with Crippen molar-refractivity contribution in [3.8, 4) is 34.3 Å². The molecule has 6 heterocycles. The Morgan fingerprint density at radius 3 is 1.43 bits per heavy atom. The molecule has 0 fully saturated rings. The molecule has 0 radical (unpaired) electrons. The van der Waals surface area contributed by atoms with Crippen molar-refractivity contribution in [3.05, 3.63) is 206 Å².